The normalized spacial score (nSPS) is 17.3. The predicted octanol–water partition coefficient (Wildman–Crippen LogP) is 2.93. The van der Waals surface area contributed by atoms with Crippen molar-refractivity contribution in [3.63, 3.8) is 0 Å². The largest absolute Gasteiger partial charge is 0.469 e. The number of hydrogen-bond donors (Lipinski definition) is 2. The Labute approximate surface area is 164 Å². The summed E-state index contributed by atoms with van der Waals surface area (Å²) < 4.78 is 5.78. The second kappa shape index (κ2) is 11.1. The van der Waals surface area contributed by atoms with Gasteiger partial charge in [-0.15, -0.1) is 0 Å². The molecule has 2 rings (SSSR count). The molecule has 0 spiro atoms. The lowest BCUT2D eigenvalue weighted by Gasteiger charge is -2.21. The Kier molecular flexibility index (Phi) is 8.74. The fourth-order valence-corrected chi connectivity index (χ4v) is 3.53. The van der Waals surface area contributed by atoms with E-state index in [2.05, 4.69) is 66.3 Å². The Hall–Kier alpha value is -1.76. The molecule has 0 amide bonds. The number of rotatable bonds is 8. The van der Waals surface area contributed by atoms with E-state index >= 15 is 0 Å². The number of hydrogen-bond acceptors (Lipinski definition) is 4. The SMILES string of the molecule is CCNC(=NCCCCC(=O)OC)NC1CCN(c2ccccc2Br)C1. The molecule has 6 nitrogen and oxygen atoms in total. The lowest BCUT2D eigenvalue weighted by molar-refractivity contribution is -0.140. The highest BCUT2D eigenvalue weighted by Gasteiger charge is 2.24. The average molecular weight is 425 g/mol. The number of para-hydroxylation sites is 1. The number of guanidine groups is 1. The average Bonchev–Trinajstić information content (AvgIpc) is 3.10. The minimum Gasteiger partial charge on any atom is -0.469 e. The molecular weight excluding hydrogens is 396 g/mol. The predicted molar refractivity (Wildman–Crippen MR) is 110 cm³/mol. The van der Waals surface area contributed by atoms with Gasteiger partial charge in [0, 0.05) is 43.1 Å². The van der Waals surface area contributed by atoms with Crippen LogP contribution in [0.25, 0.3) is 0 Å². The zero-order chi connectivity index (χ0) is 18.8. The van der Waals surface area contributed by atoms with E-state index in [-0.39, 0.29) is 5.97 Å². The van der Waals surface area contributed by atoms with Crippen molar-refractivity contribution in [2.45, 2.75) is 38.6 Å². The first-order valence-corrected chi connectivity index (χ1v) is 10.0. The number of esters is 1. The summed E-state index contributed by atoms with van der Waals surface area (Å²) in [4.78, 5) is 18.1. The van der Waals surface area contributed by atoms with Crippen LogP contribution in [0.5, 0.6) is 0 Å². The fourth-order valence-electron chi connectivity index (χ4n) is 2.99. The van der Waals surface area contributed by atoms with Crippen molar-refractivity contribution in [2.24, 2.45) is 4.99 Å². The number of carbonyl (C=O) groups is 1. The number of nitrogens with one attached hydrogen (secondary N) is 2. The van der Waals surface area contributed by atoms with Gasteiger partial charge in [-0.3, -0.25) is 9.79 Å². The lowest BCUT2D eigenvalue weighted by atomic mass is 10.2. The molecule has 0 bridgehead atoms. The molecule has 144 valence electrons. The molecule has 0 aromatic heterocycles. The fraction of sp³-hybridized carbons (Fsp3) is 0.579. The third kappa shape index (κ3) is 6.52. The van der Waals surface area contributed by atoms with Gasteiger partial charge in [0.05, 0.1) is 12.8 Å². The smallest absolute Gasteiger partial charge is 0.305 e. The van der Waals surface area contributed by atoms with Crippen molar-refractivity contribution in [3.8, 4) is 0 Å². The number of ether oxygens (including phenoxy) is 1. The molecular formula is C19H29BrN4O2. The van der Waals surface area contributed by atoms with E-state index in [0.29, 0.717) is 19.0 Å². The number of unbranched alkanes of at least 4 members (excludes halogenated alkanes) is 1. The zero-order valence-electron chi connectivity index (χ0n) is 15.6. The quantitative estimate of drug-likeness (QED) is 0.290. The summed E-state index contributed by atoms with van der Waals surface area (Å²) in [5.41, 5.74) is 1.24. The number of aliphatic imine (C=N–C) groups is 1. The number of methoxy groups -OCH3 is 1. The monoisotopic (exact) mass is 424 g/mol. The van der Waals surface area contributed by atoms with Gasteiger partial charge in [0.1, 0.15) is 0 Å². The summed E-state index contributed by atoms with van der Waals surface area (Å²) in [6, 6.07) is 8.70. The first kappa shape index (κ1) is 20.6. The molecule has 1 fully saturated rings. The first-order chi connectivity index (χ1) is 12.6. The maximum absolute atomic E-state index is 11.1. The molecule has 1 aromatic rings. The highest BCUT2D eigenvalue weighted by Crippen LogP contribution is 2.28. The van der Waals surface area contributed by atoms with Crippen LogP contribution in [0.15, 0.2) is 33.7 Å². The third-order valence-corrected chi connectivity index (χ3v) is 5.02. The molecule has 0 aliphatic carbocycles. The van der Waals surface area contributed by atoms with E-state index in [0.717, 1.165) is 49.3 Å². The van der Waals surface area contributed by atoms with E-state index in [9.17, 15) is 4.79 Å². The standard InChI is InChI=1S/C19H29BrN4O2/c1-3-21-19(22-12-7-6-10-18(25)26-2)23-15-11-13-24(14-15)17-9-5-4-8-16(17)20/h4-5,8-9,15H,3,6-7,10-14H2,1-2H3,(H2,21,22,23). The Morgan fingerprint density at radius 1 is 1.38 bits per heavy atom. The summed E-state index contributed by atoms with van der Waals surface area (Å²) in [7, 11) is 1.42. The van der Waals surface area contributed by atoms with Crippen LogP contribution in [0.2, 0.25) is 0 Å². The Bertz CT molecular complexity index is 609. The number of anilines is 1. The Morgan fingerprint density at radius 3 is 2.92 bits per heavy atom. The Morgan fingerprint density at radius 2 is 2.19 bits per heavy atom. The topological polar surface area (TPSA) is 66.0 Å². The van der Waals surface area contributed by atoms with Crippen LogP contribution in [0, 0.1) is 0 Å². The molecule has 26 heavy (non-hydrogen) atoms. The molecule has 1 heterocycles. The highest BCUT2D eigenvalue weighted by molar-refractivity contribution is 9.10. The van der Waals surface area contributed by atoms with Gasteiger partial charge in [0.25, 0.3) is 0 Å². The van der Waals surface area contributed by atoms with E-state index < -0.39 is 0 Å². The van der Waals surface area contributed by atoms with Gasteiger partial charge >= 0.3 is 5.97 Å². The number of benzene rings is 1. The third-order valence-electron chi connectivity index (χ3n) is 4.35. The van der Waals surface area contributed by atoms with Gasteiger partial charge in [-0.1, -0.05) is 12.1 Å². The molecule has 0 radical (unpaired) electrons. The van der Waals surface area contributed by atoms with Crippen molar-refractivity contribution >= 4 is 33.5 Å². The van der Waals surface area contributed by atoms with Crippen LogP contribution >= 0.6 is 15.9 Å². The number of nitrogens with zero attached hydrogens (tertiary/aromatic N) is 2. The van der Waals surface area contributed by atoms with E-state index in [1.54, 1.807) is 0 Å². The summed E-state index contributed by atoms with van der Waals surface area (Å²) in [5, 5.41) is 6.84. The molecule has 1 saturated heterocycles. The lowest BCUT2D eigenvalue weighted by Crippen LogP contribution is -2.44. The summed E-state index contributed by atoms with van der Waals surface area (Å²) in [6.45, 7) is 5.58. The molecule has 1 unspecified atom stereocenters. The summed E-state index contributed by atoms with van der Waals surface area (Å²) >= 11 is 3.64. The van der Waals surface area contributed by atoms with Gasteiger partial charge in [0.15, 0.2) is 5.96 Å². The van der Waals surface area contributed by atoms with Crippen molar-refractivity contribution in [2.75, 3.05) is 38.2 Å². The van der Waals surface area contributed by atoms with Crippen LogP contribution in [0.1, 0.15) is 32.6 Å². The van der Waals surface area contributed by atoms with Gasteiger partial charge in [-0.2, -0.15) is 0 Å². The van der Waals surface area contributed by atoms with Crippen LogP contribution in [0.4, 0.5) is 5.69 Å². The van der Waals surface area contributed by atoms with E-state index in [4.69, 9.17) is 0 Å². The van der Waals surface area contributed by atoms with Crippen LogP contribution in [-0.4, -0.2) is 51.3 Å². The molecule has 1 atom stereocenters. The first-order valence-electron chi connectivity index (χ1n) is 9.25. The Balaban J connectivity index is 1.81. The van der Waals surface area contributed by atoms with Crippen LogP contribution in [-0.2, 0) is 9.53 Å². The second-order valence-electron chi connectivity index (χ2n) is 6.32. The number of halogens is 1. The van der Waals surface area contributed by atoms with Crippen LogP contribution < -0.4 is 15.5 Å². The van der Waals surface area contributed by atoms with Gasteiger partial charge in [-0.05, 0) is 54.2 Å². The van der Waals surface area contributed by atoms with E-state index in [1.807, 2.05) is 6.07 Å². The molecule has 2 N–H and O–H groups in total. The van der Waals surface area contributed by atoms with Crippen molar-refractivity contribution < 1.29 is 9.53 Å². The van der Waals surface area contributed by atoms with Crippen LogP contribution in [0.3, 0.4) is 0 Å². The number of carbonyl (C=O) groups excluding carboxylic acids is 1. The highest BCUT2D eigenvalue weighted by atomic mass is 79.9. The minimum atomic E-state index is -0.155. The molecule has 0 saturated carbocycles. The van der Waals surface area contributed by atoms with Crippen molar-refractivity contribution in [1.82, 2.24) is 10.6 Å². The minimum absolute atomic E-state index is 0.155. The molecule has 1 aliphatic rings. The maximum atomic E-state index is 11.1. The molecule has 1 aromatic carbocycles. The van der Waals surface area contributed by atoms with Gasteiger partial charge < -0.3 is 20.3 Å². The maximum Gasteiger partial charge on any atom is 0.305 e. The van der Waals surface area contributed by atoms with Gasteiger partial charge in [0.2, 0.25) is 0 Å². The van der Waals surface area contributed by atoms with Crippen molar-refractivity contribution in [3.05, 3.63) is 28.7 Å². The summed E-state index contributed by atoms with van der Waals surface area (Å²) in [6.07, 6.45) is 3.21. The molecule has 7 heteroatoms. The van der Waals surface area contributed by atoms with E-state index in [1.165, 1.54) is 12.8 Å². The van der Waals surface area contributed by atoms with Gasteiger partial charge in [-0.25, -0.2) is 0 Å². The zero-order valence-corrected chi connectivity index (χ0v) is 17.2. The summed E-state index contributed by atoms with van der Waals surface area (Å²) in [5.74, 6) is 0.696. The van der Waals surface area contributed by atoms with Crippen molar-refractivity contribution in [1.29, 1.82) is 0 Å². The molecule has 1 aliphatic heterocycles. The second-order valence-corrected chi connectivity index (χ2v) is 7.18.